The predicted octanol–water partition coefficient (Wildman–Crippen LogP) is 4.04. The fraction of sp³-hybridized carbons (Fsp3) is 0.300. The van der Waals surface area contributed by atoms with E-state index in [-0.39, 0.29) is 0 Å². The van der Waals surface area contributed by atoms with Crippen LogP contribution in [-0.2, 0) is 0 Å². The lowest BCUT2D eigenvalue weighted by atomic mass is 10.3. The number of benzene rings is 1. The van der Waals surface area contributed by atoms with Crippen LogP contribution in [0.2, 0.25) is 0 Å². The van der Waals surface area contributed by atoms with Crippen LogP contribution < -0.4 is 0 Å². The van der Waals surface area contributed by atoms with Crippen molar-refractivity contribution < 1.29 is 0 Å². The summed E-state index contributed by atoms with van der Waals surface area (Å²) in [5, 5.41) is 0. The number of aromatic nitrogens is 1. The highest BCUT2D eigenvalue weighted by molar-refractivity contribution is 7.98. The zero-order valence-electron chi connectivity index (χ0n) is 8.07. The molecule has 0 radical (unpaired) electrons. The van der Waals surface area contributed by atoms with Crippen molar-refractivity contribution in [3.8, 4) is 0 Å². The Hall–Kier alpha value is -0.540. The van der Waals surface area contributed by atoms with Crippen LogP contribution in [0.15, 0.2) is 28.6 Å². The topological polar surface area (TPSA) is 12.9 Å². The molecule has 0 bridgehead atoms. The number of hydrogen-bond acceptors (Lipinski definition) is 3. The van der Waals surface area contributed by atoms with Crippen molar-refractivity contribution in [2.24, 2.45) is 0 Å². The number of thioether (sulfide) groups is 1. The zero-order valence-corrected chi connectivity index (χ0v) is 9.71. The smallest absolute Gasteiger partial charge is 0.0812 e. The third-order valence-corrected chi connectivity index (χ3v) is 3.06. The van der Waals surface area contributed by atoms with Gasteiger partial charge in [0.2, 0.25) is 0 Å². The van der Waals surface area contributed by atoms with Gasteiger partial charge >= 0.3 is 0 Å². The van der Waals surface area contributed by atoms with Gasteiger partial charge in [-0.15, -0.1) is 23.1 Å². The highest BCUT2D eigenvalue weighted by Crippen LogP contribution is 2.23. The first-order valence-corrected chi connectivity index (χ1v) is 6.38. The van der Waals surface area contributed by atoms with Crippen molar-refractivity contribution >= 4 is 33.3 Å². The van der Waals surface area contributed by atoms with E-state index in [1.165, 1.54) is 9.60 Å². The Bertz CT molecular complexity index is 368. The number of nitrogens with zero attached hydrogens (tertiary/aromatic N) is 1. The molecule has 13 heavy (non-hydrogen) atoms. The summed E-state index contributed by atoms with van der Waals surface area (Å²) in [6.07, 6.45) is 2.09. The van der Waals surface area contributed by atoms with E-state index in [1.54, 1.807) is 23.1 Å². The molecule has 2 rings (SSSR count). The fourth-order valence-electron chi connectivity index (χ4n) is 0.962. The summed E-state index contributed by atoms with van der Waals surface area (Å²) in [6, 6.07) is 6.35. The minimum atomic E-state index is 1.10. The van der Waals surface area contributed by atoms with Crippen molar-refractivity contribution in [3.05, 3.63) is 23.7 Å². The third kappa shape index (κ3) is 2.45. The van der Waals surface area contributed by atoms with Gasteiger partial charge in [0.1, 0.15) is 0 Å². The molecule has 3 heteroatoms. The SMILES string of the molecule is CC.CSc1ccc2ncsc2c1. The zero-order chi connectivity index (χ0) is 9.68. The highest BCUT2D eigenvalue weighted by atomic mass is 32.2. The van der Waals surface area contributed by atoms with Gasteiger partial charge in [0.15, 0.2) is 0 Å². The molecule has 1 heterocycles. The maximum Gasteiger partial charge on any atom is 0.0812 e. The van der Waals surface area contributed by atoms with Gasteiger partial charge in [0.25, 0.3) is 0 Å². The lowest BCUT2D eigenvalue weighted by Crippen LogP contribution is -1.68. The van der Waals surface area contributed by atoms with Gasteiger partial charge in [0, 0.05) is 4.90 Å². The van der Waals surface area contributed by atoms with E-state index in [4.69, 9.17) is 0 Å². The average Bonchev–Trinajstić information content (AvgIpc) is 2.67. The van der Waals surface area contributed by atoms with Crippen LogP contribution in [0.25, 0.3) is 10.2 Å². The van der Waals surface area contributed by atoms with E-state index in [2.05, 4.69) is 29.4 Å². The summed E-state index contributed by atoms with van der Waals surface area (Å²) in [7, 11) is 0. The molecule has 0 saturated heterocycles. The standard InChI is InChI=1S/C8H7NS2.C2H6/c1-10-6-2-3-7-8(4-6)11-5-9-7;1-2/h2-5H,1H3;1-2H3. The summed E-state index contributed by atoms with van der Waals surface area (Å²) in [6.45, 7) is 4.00. The monoisotopic (exact) mass is 211 g/mol. The summed E-state index contributed by atoms with van der Waals surface area (Å²) in [5.41, 5.74) is 2.99. The van der Waals surface area contributed by atoms with E-state index in [0.717, 1.165) is 5.52 Å². The first kappa shape index (κ1) is 10.5. The summed E-state index contributed by atoms with van der Waals surface area (Å²) in [5.74, 6) is 0. The van der Waals surface area contributed by atoms with E-state index in [1.807, 2.05) is 19.4 Å². The van der Waals surface area contributed by atoms with Crippen molar-refractivity contribution in [2.75, 3.05) is 6.26 Å². The lowest BCUT2D eigenvalue weighted by molar-refractivity contribution is 1.46. The molecule has 0 amide bonds. The summed E-state index contributed by atoms with van der Waals surface area (Å²) < 4.78 is 1.27. The fourth-order valence-corrected chi connectivity index (χ4v) is 2.19. The summed E-state index contributed by atoms with van der Waals surface area (Å²) in [4.78, 5) is 5.51. The van der Waals surface area contributed by atoms with Crippen molar-refractivity contribution in [1.29, 1.82) is 0 Å². The van der Waals surface area contributed by atoms with E-state index in [0.29, 0.717) is 0 Å². The molecule has 70 valence electrons. The maximum atomic E-state index is 4.20. The van der Waals surface area contributed by atoms with Crippen molar-refractivity contribution in [1.82, 2.24) is 4.98 Å². The molecular weight excluding hydrogens is 198 g/mol. The molecule has 0 aliphatic heterocycles. The molecule has 2 aromatic rings. The van der Waals surface area contributed by atoms with Crippen LogP contribution >= 0.6 is 23.1 Å². The molecule has 0 N–H and O–H groups in total. The minimum Gasteiger partial charge on any atom is -0.245 e. The van der Waals surface area contributed by atoms with Crippen molar-refractivity contribution in [2.45, 2.75) is 18.7 Å². The number of rotatable bonds is 1. The number of thiazole rings is 1. The van der Waals surface area contributed by atoms with Crippen LogP contribution in [0.3, 0.4) is 0 Å². The Morgan fingerprint density at radius 3 is 2.77 bits per heavy atom. The molecule has 0 fully saturated rings. The Morgan fingerprint density at radius 1 is 1.31 bits per heavy atom. The summed E-state index contributed by atoms with van der Waals surface area (Å²) >= 11 is 3.46. The van der Waals surface area contributed by atoms with Crippen LogP contribution in [0.4, 0.5) is 0 Å². The van der Waals surface area contributed by atoms with Crippen molar-refractivity contribution in [3.63, 3.8) is 0 Å². The molecule has 0 aliphatic rings. The van der Waals surface area contributed by atoms with E-state index >= 15 is 0 Å². The van der Waals surface area contributed by atoms with Gasteiger partial charge in [-0.2, -0.15) is 0 Å². The molecule has 0 saturated carbocycles. The van der Waals surface area contributed by atoms with Crippen LogP contribution in [0, 0.1) is 0 Å². The molecule has 1 aromatic carbocycles. The molecule has 0 atom stereocenters. The van der Waals surface area contributed by atoms with E-state index in [9.17, 15) is 0 Å². The highest BCUT2D eigenvalue weighted by Gasteiger charge is 1.96. The largest absolute Gasteiger partial charge is 0.245 e. The second-order valence-electron chi connectivity index (χ2n) is 2.19. The second-order valence-corrected chi connectivity index (χ2v) is 3.95. The Morgan fingerprint density at radius 2 is 2.08 bits per heavy atom. The van der Waals surface area contributed by atoms with Gasteiger partial charge < -0.3 is 0 Å². The number of fused-ring (bicyclic) bond motifs is 1. The Kier molecular flexibility index (Phi) is 4.25. The van der Waals surface area contributed by atoms with Crippen LogP contribution in [0.1, 0.15) is 13.8 Å². The quantitative estimate of drug-likeness (QED) is 0.660. The predicted molar refractivity (Wildman–Crippen MR) is 62.7 cm³/mol. The Labute approximate surface area is 87.2 Å². The average molecular weight is 211 g/mol. The molecular formula is C10H13NS2. The molecule has 1 aromatic heterocycles. The second kappa shape index (κ2) is 5.25. The first-order chi connectivity index (χ1) is 6.40. The van der Waals surface area contributed by atoms with Gasteiger partial charge in [0.05, 0.1) is 15.7 Å². The molecule has 1 nitrogen and oxygen atoms in total. The Balaban J connectivity index is 0.000000396. The molecule has 0 spiro atoms. The van der Waals surface area contributed by atoms with Gasteiger partial charge in [-0.25, -0.2) is 4.98 Å². The first-order valence-electron chi connectivity index (χ1n) is 4.27. The maximum absolute atomic E-state index is 4.20. The molecule has 0 aliphatic carbocycles. The van der Waals surface area contributed by atoms with Gasteiger partial charge in [-0.1, -0.05) is 13.8 Å². The van der Waals surface area contributed by atoms with Gasteiger partial charge in [-0.05, 0) is 24.5 Å². The normalized spacial score (nSPS) is 9.46. The van der Waals surface area contributed by atoms with Crippen LogP contribution in [-0.4, -0.2) is 11.2 Å². The van der Waals surface area contributed by atoms with E-state index < -0.39 is 0 Å². The minimum absolute atomic E-state index is 1.10. The molecule has 0 unspecified atom stereocenters. The van der Waals surface area contributed by atoms with Gasteiger partial charge in [-0.3, -0.25) is 0 Å². The third-order valence-electron chi connectivity index (χ3n) is 1.54. The van der Waals surface area contributed by atoms with Crippen LogP contribution in [0.5, 0.6) is 0 Å². The number of hydrogen-bond donors (Lipinski definition) is 0. The lowest BCUT2D eigenvalue weighted by Gasteiger charge is -1.93.